The predicted octanol–water partition coefficient (Wildman–Crippen LogP) is 2.88. The number of rotatable bonds is 3. The quantitative estimate of drug-likeness (QED) is 0.899. The minimum Gasteiger partial charge on any atom is -0.369 e. The van der Waals surface area contributed by atoms with Gasteiger partial charge in [0.05, 0.1) is 0 Å². The molecule has 4 N–H and O–H groups in total. The van der Waals surface area contributed by atoms with Gasteiger partial charge in [-0.3, -0.25) is 4.90 Å². The summed E-state index contributed by atoms with van der Waals surface area (Å²) in [5, 5.41) is 0. The number of nitrogens with two attached hydrogens (primary N) is 2. The lowest BCUT2D eigenvalue weighted by atomic mass is 10.0. The monoisotopic (exact) mass is 343 g/mol. The topological polar surface area (TPSA) is 80.0 Å². The molecular weight excluding hydrogens is 322 g/mol. The number of halogens is 1. The standard InChI is InChI=1S/C18H21N5.ClH/c1-18(2)22-16(19)21-17(20)23(18)15-10-8-14(9-11-15)12-13-6-4-3-5-7-13;/h3-11H,12H2,1-2H3,(H4,19,20,21,22);1H. The van der Waals surface area contributed by atoms with Crippen molar-refractivity contribution in [3.63, 3.8) is 0 Å². The van der Waals surface area contributed by atoms with E-state index in [4.69, 9.17) is 11.5 Å². The van der Waals surface area contributed by atoms with Gasteiger partial charge in [-0.05, 0) is 43.5 Å². The van der Waals surface area contributed by atoms with Crippen molar-refractivity contribution >= 4 is 30.0 Å². The van der Waals surface area contributed by atoms with Gasteiger partial charge in [-0.15, -0.1) is 12.4 Å². The van der Waals surface area contributed by atoms with Crippen molar-refractivity contribution in [1.82, 2.24) is 0 Å². The summed E-state index contributed by atoms with van der Waals surface area (Å²) in [6, 6.07) is 18.7. The maximum atomic E-state index is 6.05. The Balaban J connectivity index is 0.00000208. The smallest absolute Gasteiger partial charge is 0.220 e. The molecule has 0 saturated heterocycles. The number of benzene rings is 2. The van der Waals surface area contributed by atoms with E-state index in [1.165, 1.54) is 11.1 Å². The Morgan fingerprint density at radius 2 is 1.50 bits per heavy atom. The lowest BCUT2D eigenvalue weighted by Gasteiger charge is -2.38. The fraction of sp³-hybridized carbons (Fsp3) is 0.222. The van der Waals surface area contributed by atoms with Gasteiger partial charge in [0.25, 0.3) is 0 Å². The average Bonchev–Trinajstić information content (AvgIpc) is 2.48. The lowest BCUT2D eigenvalue weighted by Crippen LogP contribution is -2.54. The molecule has 126 valence electrons. The van der Waals surface area contributed by atoms with Gasteiger partial charge in [0.15, 0.2) is 0 Å². The molecule has 1 aliphatic heterocycles. The molecule has 5 nitrogen and oxygen atoms in total. The summed E-state index contributed by atoms with van der Waals surface area (Å²) in [4.78, 5) is 10.3. The van der Waals surface area contributed by atoms with Crippen LogP contribution >= 0.6 is 12.4 Å². The normalized spacial score (nSPS) is 16.0. The molecule has 0 aliphatic carbocycles. The van der Waals surface area contributed by atoms with Crippen LogP contribution in [-0.2, 0) is 6.42 Å². The van der Waals surface area contributed by atoms with E-state index in [1.54, 1.807) is 0 Å². The first kappa shape index (κ1) is 17.8. The van der Waals surface area contributed by atoms with Gasteiger partial charge in [0.2, 0.25) is 11.9 Å². The van der Waals surface area contributed by atoms with Crippen LogP contribution in [0.3, 0.4) is 0 Å². The highest BCUT2D eigenvalue weighted by Crippen LogP contribution is 2.27. The fourth-order valence-corrected chi connectivity index (χ4v) is 2.85. The highest BCUT2D eigenvalue weighted by Gasteiger charge is 2.32. The van der Waals surface area contributed by atoms with Crippen LogP contribution in [0.2, 0.25) is 0 Å². The van der Waals surface area contributed by atoms with Gasteiger partial charge >= 0.3 is 0 Å². The third-order valence-electron chi connectivity index (χ3n) is 3.84. The predicted molar refractivity (Wildman–Crippen MR) is 103 cm³/mol. The average molecular weight is 344 g/mol. The molecule has 1 aliphatic rings. The van der Waals surface area contributed by atoms with Crippen LogP contribution in [0.4, 0.5) is 5.69 Å². The molecule has 0 saturated carbocycles. The largest absolute Gasteiger partial charge is 0.369 e. The highest BCUT2D eigenvalue weighted by molar-refractivity contribution is 6.05. The Bertz CT molecular complexity index is 751. The van der Waals surface area contributed by atoms with E-state index in [1.807, 2.05) is 36.9 Å². The molecule has 0 aromatic heterocycles. The van der Waals surface area contributed by atoms with E-state index in [2.05, 4.69) is 46.4 Å². The molecule has 6 heteroatoms. The van der Waals surface area contributed by atoms with Crippen molar-refractivity contribution in [2.75, 3.05) is 4.90 Å². The number of aliphatic imine (C=N–C) groups is 2. The van der Waals surface area contributed by atoms with Crippen molar-refractivity contribution < 1.29 is 0 Å². The number of hydrogen-bond acceptors (Lipinski definition) is 5. The van der Waals surface area contributed by atoms with E-state index in [9.17, 15) is 0 Å². The summed E-state index contributed by atoms with van der Waals surface area (Å²) in [5.41, 5.74) is 14.7. The minimum atomic E-state index is -0.559. The van der Waals surface area contributed by atoms with Crippen LogP contribution in [0, 0.1) is 0 Å². The van der Waals surface area contributed by atoms with Crippen LogP contribution in [0.15, 0.2) is 64.6 Å². The van der Waals surface area contributed by atoms with E-state index in [-0.39, 0.29) is 18.4 Å². The number of guanidine groups is 2. The first-order valence-corrected chi connectivity index (χ1v) is 7.58. The van der Waals surface area contributed by atoms with Gasteiger partial charge in [0, 0.05) is 5.69 Å². The molecule has 0 unspecified atom stereocenters. The molecule has 0 amide bonds. The van der Waals surface area contributed by atoms with Crippen molar-refractivity contribution in [2.45, 2.75) is 25.9 Å². The Labute approximate surface area is 148 Å². The molecular formula is C18H22ClN5. The van der Waals surface area contributed by atoms with Crippen LogP contribution < -0.4 is 16.4 Å². The molecule has 0 atom stereocenters. The van der Waals surface area contributed by atoms with Crippen molar-refractivity contribution in [3.8, 4) is 0 Å². The molecule has 24 heavy (non-hydrogen) atoms. The summed E-state index contributed by atoms with van der Waals surface area (Å²) in [7, 11) is 0. The summed E-state index contributed by atoms with van der Waals surface area (Å²) in [5.74, 6) is 0.572. The Morgan fingerprint density at radius 1 is 0.917 bits per heavy atom. The molecule has 0 bridgehead atoms. The van der Waals surface area contributed by atoms with Gasteiger partial charge in [-0.25, -0.2) is 4.99 Å². The Kier molecular flexibility index (Phi) is 5.14. The zero-order valence-electron chi connectivity index (χ0n) is 13.8. The summed E-state index contributed by atoms with van der Waals surface area (Å²) < 4.78 is 0. The summed E-state index contributed by atoms with van der Waals surface area (Å²) in [6.45, 7) is 3.92. The second kappa shape index (κ2) is 6.93. The minimum absolute atomic E-state index is 0. The van der Waals surface area contributed by atoms with Crippen LogP contribution in [-0.4, -0.2) is 17.6 Å². The Morgan fingerprint density at radius 3 is 2.08 bits per heavy atom. The summed E-state index contributed by atoms with van der Waals surface area (Å²) in [6.07, 6.45) is 0.902. The molecule has 1 heterocycles. The van der Waals surface area contributed by atoms with E-state index in [0.29, 0.717) is 5.96 Å². The molecule has 2 aromatic carbocycles. The zero-order valence-corrected chi connectivity index (χ0v) is 14.6. The van der Waals surface area contributed by atoms with Crippen molar-refractivity contribution in [1.29, 1.82) is 0 Å². The summed E-state index contributed by atoms with van der Waals surface area (Å²) >= 11 is 0. The maximum Gasteiger partial charge on any atom is 0.220 e. The van der Waals surface area contributed by atoms with Crippen LogP contribution in [0.1, 0.15) is 25.0 Å². The van der Waals surface area contributed by atoms with E-state index < -0.39 is 5.66 Å². The molecule has 0 radical (unpaired) electrons. The lowest BCUT2D eigenvalue weighted by molar-refractivity contribution is 0.534. The Hall–Kier alpha value is -2.53. The number of nitrogens with zero attached hydrogens (tertiary/aromatic N) is 3. The second-order valence-corrected chi connectivity index (χ2v) is 6.10. The molecule has 3 rings (SSSR count). The number of anilines is 1. The van der Waals surface area contributed by atoms with Gasteiger partial charge in [0.1, 0.15) is 5.66 Å². The van der Waals surface area contributed by atoms with Gasteiger partial charge in [-0.1, -0.05) is 42.5 Å². The van der Waals surface area contributed by atoms with Crippen molar-refractivity contribution in [2.24, 2.45) is 21.5 Å². The van der Waals surface area contributed by atoms with Crippen LogP contribution in [0.5, 0.6) is 0 Å². The van der Waals surface area contributed by atoms with E-state index in [0.717, 1.165) is 12.1 Å². The third kappa shape index (κ3) is 3.68. The van der Waals surface area contributed by atoms with Crippen molar-refractivity contribution in [3.05, 3.63) is 65.7 Å². The third-order valence-corrected chi connectivity index (χ3v) is 3.84. The molecule has 0 spiro atoms. The second-order valence-electron chi connectivity index (χ2n) is 6.10. The van der Waals surface area contributed by atoms with E-state index >= 15 is 0 Å². The first-order chi connectivity index (χ1) is 11.0. The van der Waals surface area contributed by atoms with Crippen LogP contribution in [0.25, 0.3) is 0 Å². The molecule has 0 fully saturated rings. The fourth-order valence-electron chi connectivity index (χ4n) is 2.85. The van der Waals surface area contributed by atoms with Gasteiger partial charge in [-0.2, -0.15) is 4.99 Å². The van der Waals surface area contributed by atoms with Gasteiger partial charge < -0.3 is 11.5 Å². The zero-order chi connectivity index (χ0) is 16.4. The first-order valence-electron chi connectivity index (χ1n) is 7.58. The highest BCUT2D eigenvalue weighted by atomic mass is 35.5. The molecule has 2 aromatic rings. The maximum absolute atomic E-state index is 6.05. The SMILES string of the molecule is CC1(C)N=C(N)N=C(N)N1c1ccc(Cc2ccccc2)cc1.Cl. The number of hydrogen-bond donors (Lipinski definition) is 2.